The summed E-state index contributed by atoms with van der Waals surface area (Å²) in [6, 6.07) is 17.0. The van der Waals surface area contributed by atoms with Gasteiger partial charge in [-0.25, -0.2) is 0 Å². The predicted molar refractivity (Wildman–Crippen MR) is 76.1 cm³/mol. The van der Waals surface area contributed by atoms with E-state index in [0.717, 1.165) is 5.69 Å². The lowest BCUT2D eigenvalue weighted by molar-refractivity contribution is 1.15. The fourth-order valence-electron chi connectivity index (χ4n) is 1.38. The standard InChI is InChI=1S/C15H13N4/c1-2-12-16-18-14-10-6-7-11-15(14)19-17-13-8-4-3-5-9-13/h2-12H,1H2. The SMILES string of the molecule is C=C[CH]N=Nc1ccccc1N=Nc1ccccc1. The number of nitrogens with zero attached hydrogens (tertiary/aromatic N) is 4. The molecule has 0 aliphatic rings. The molecule has 19 heavy (non-hydrogen) atoms. The molecule has 0 amide bonds. The molecule has 93 valence electrons. The van der Waals surface area contributed by atoms with Gasteiger partial charge in [-0.2, -0.15) is 15.3 Å². The van der Waals surface area contributed by atoms with Crippen LogP contribution in [0.25, 0.3) is 0 Å². The molecule has 0 aliphatic heterocycles. The molecule has 0 atom stereocenters. The van der Waals surface area contributed by atoms with Gasteiger partial charge in [0, 0.05) is 0 Å². The van der Waals surface area contributed by atoms with Crippen molar-refractivity contribution in [1.82, 2.24) is 0 Å². The van der Waals surface area contributed by atoms with Gasteiger partial charge in [-0.15, -0.1) is 11.7 Å². The molecule has 2 aromatic carbocycles. The Morgan fingerprint density at radius 1 is 0.737 bits per heavy atom. The summed E-state index contributed by atoms with van der Waals surface area (Å²) >= 11 is 0. The summed E-state index contributed by atoms with van der Waals surface area (Å²) in [7, 11) is 0. The summed E-state index contributed by atoms with van der Waals surface area (Å²) in [5, 5.41) is 16.3. The highest BCUT2D eigenvalue weighted by molar-refractivity contribution is 5.60. The first-order valence-electron chi connectivity index (χ1n) is 5.81. The van der Waals surface area contributed by atoms with Gasteiger partial charge < -0.3 is 0 Å². The highest BCUT2D eigenvalue weighted by atomic mass is 15.1. The predicted octanol–water partition coefficient (Wildman–Crippen LogP) is 5.53. The number of azo groups is 2. The minimum atomic E-state index is 0.667. The third-order valence-corrected chi connectivity index (χ3v) is 2.25. The van der Waals surface area contributed by atoms with Crippen molar-refractivity contribution in [3.8, 4) is 0 Å². The second-order valence-corrected chi connectivity index (χ2v) is 3.62. The van der Waals surface area contributed by atoms with Crippen LogP contribution in [0.4, 0.5) is 17.1 Å². The second kappa shape index (κ2) is 6.96. The molecule has 2 rings (SSSR count). The van der Waals surface area contributed by atoms with Crippen LogP contribution < -0.4 is 0 Å². The van der Waals surface area contributed by atoms with Gasteiger partial charge in [0.15, 0.2) is 0 Å². The van der Waals surface area contributed by atoms with Crippen LogP contribution in [-0.2, 0) is 0 Å². The molecular weight excluding hydrogens is 236 g/mol. The van der Waals surface area contributed by atoms with Crippen molar-refractivity contribution in [1.29, 1.82) is 0 Å². The normalized spacial score (nSPS) is 11.2. The number of benzene rings is 2. The van der Waals surface area contributed by atoms with Crippen LogP contribution in [-0.4, -0.2) is 0 Å². The van der Waals surface area contributed by atoms with Gasteiger partial charge >= 0.3 is 0 Å². The van der Waals surface area contributed by atoms with Crippen LogP contribution >= 0.6 is 0 Å². The van der Waals surface area contributed by atoms with Crippen molar-refractivity contribution in [2.75, 3.05) is 0 Å². The largest absolute Gasteiger partial charge is 0.178 e. The third-order valence-electron chi connectivity index (χ3n) is 2.25. The molecule has 4 nitrogen and oxygen atoms in total. The van der Waals surface area contributed by atoms with Crippen LogP contribution in [0.15, 0.2) is 87.7 Å². The lowest BCUT2D eigenvalue weighted by Crippen LogP contribution is -1.67. The molecule has 0 fully saturated rings. The maximum absolute atomic E-state index is 4.19. The maximum Gasteiger partial charge on any atom is 0.117 e. The lowest BCUT2D eigenvalue weighted by Gasteiger charge is -1.97. The highest BCUT2D eigenvalue weighted by Crippen LogP contribution is 2.29. The third kappa shape index (κ3) is 3.96. The molecule has 0 spiro atoms. The molecule has 2 aromatic rings. The minimum Gasteiger partial charge on any atom is -0.178 e. The first-order chi connectivity index (χ1) is 9.40. The van der Waals surface area contributed by atoms with Crippen molar-refractivity contribution in [3.63, 3.8) is 0 Å². The zero-order chi connectivity index (χ0) is 13.3. The van der Waals surface area contributed by atoms with E-state index in [2.05, 4.69) is 27.0 Å². The van der Waals surface area contributed by atoms with Crippen LogP contribution in [0.1, 0.15) is 0 Å². The molecule has 0 saturated carbocycles. The van der Waals surface area contributed by atoms with Crippen LogP contribution in [0.2, 0.25) is 0 Å². The van der Waals surface area contributed by atoms with E-state index in [4.69, 9.17) is 0 Å². The molecular formula is C15H13N4. The Morgan fingerprint density at radius 3 is 2.05 bits per heavy atom. The molecule has 0 N–H and O–H groups in total. The lowest BCUT2D eigenvalue weighted by atomic mass is 10.3. The molecule has 0 aromatic heterocycles. The van der Waals surface area contributed by atoms with Gasteiger partial charge in [0.1, 0.15) is 17.9 Å². The second-order valence-electron chi connectivity index (χ2n) is 3.62. The van der Waals surface area contributed by atoms with Crippen LogP contribution in [0, 0.1) is 6.54 Å². The van der Waals surface area contributed by atoms with Crippen molar-refractivity contribution >= 4 is 17.1 Å². The quantitative estimate of drug-likeness (QED) is 0.625. The monoisotopic (exact) mass is 249 g/mol. The Kier molecular flexibility index (Phi) is 4.70. The van der Waals surface area contributed by atoms with E-state index in [9.17, 15) is 0 Å². The summed E-state index contributed by atoms with van der Waals surface area (Å²) < 4.78 is 0. The summed E-state index contributed by atoms with van der Waals surface area (Å²) in [4.78, 5) is 0. The molecule has 0 unspecified atom stereocenters. The van der Waals surface area contributed by atoms with E-state index in [1.807, 2.05) is 54.6 Å². The number of hydrogen-bond donors (Lipinski definition) is 0. The average Bonchev–Trinajstić information content (AvgIpc) is 2.48. The average molecular weight is 249 g/mol. The smallest absolute Gasteiger partial charge is 0.117 e. The zero-order valence-corrected chi connectivity index (χ0v) is 10.3. The van der Waals surface area contributed by atoms with E-state index in [1.54, 1.807) is 6.08 Å². The van der Waals surface area contributed by atoms with Gasteiger partial charge in [-0.3, -0.25) is 0 Å². The first kappa shape index (κ1) is 12.8. The molecule has 0 bridgehead atoms. The van der Waals surface area contributed by atoms with Gasteiger partial charge in [0.2, 0.25) is 0 Å². The molecule has 0 saturated heterocycles. The fraction of sp³-hybridized carbons (Fsp3) is 0. The van der Waals surface area contributed by atoms with E-state index in [-0.39, 0.29) is 0 Å². The summed E-state index contributed by atoms with van der Waals surface area (Å²) in [6.45, 7) is 5.06. The molecule has 0 heterocycles. The van der Waals surface area contributed by atoms with Crippen molar-refractivity contribution in [3.05, 3.63) is 73.8 Å². The van der Waals surface area contributed by atoms with Crippen LogP contribution in [0.5, 0.6) is 0 Å². The van der Waals surface area contributed by atoms with Crippen molar-refractivity contribution < 1.29 is 0 Å². The highest BCUT2D eigenvalue weighted by Gasteiger charge is 1.98. The molecule has 0 aliphatic carbocycles. The van der Waals surface area contributed by atoms with Gasteiger partial charge in [-0.05, 0) is 24.3 Å². The molecule has 1 radical (unpaired) electrons. The van der Waals surface area contributed by atoms with Crippen LogP contribution in [0.3, 0.4) is 0 Å². The summed E-state index contributed by atoms with van der Waals surface area (Å²) in [5.41, 5.74) is 2.14. The number of hydrogen-bond acceptors (Lipinski definition) is 4. The number of rotatable bonds is 5. The fourth-order valence-corrected chi connectivity index (χ4v) is 1.38. The van der Waals surface area contributed by atoms with Crippen molar-refractivity contribution in [2.24, 2.45) is 20.5 Å². The summed E-state index contributed by atoms with van der Waals surface area (Å²) in [5.74, 6) is 0. The first-order valence-corrected chi connectivity index (χ1v) is 5.81. The Balaban J connectivity index is 2.20. The molecule has 4 heteroatoms. The van der Waals surface area contributed by atoms with Gasteiger partial charge in [0.05, 0.1) is 5.69 Å². The zero-order valence-electron chi connectivity index (χ0n) is 10.3. The Hall–Kier alpha value is -2.62. The van der Waals surface area contributed by atoms with E-state index < -0.39 is 0 Å². The van der Waals surface area contributed by atoms with Gasteiger partial charge in [0.25, 0.3) is 0 Å². The van der Waals surface area contributed by atoms with E-state index >= 15 is 0 Å². The Morgan fingerprint density at radius 2 is 1.37 bits per heavy atom. The van der Waals surface area contributed by atoms with E-state index in [1.165, 1.54) is 6.54 Å². The Bertz CT molecular complexity index is 588. The maximum atomic E-state index is 4.19. The van der Waals surface area contributed by atoms with E-state index in [0.29, 0.717) is 11.4 Å². The Labute approximate surface area is 112 Å². The topological polar surface area (TPSA) is 49.4 Å². The van der Waals surface area contributed by atoms with Gasteiger partial charge in [-0.1, -0.05) is 36.4 Å². The minimum absolute atomic E-state index is 0.667. The van der Waals surface area contributed by atoms with Crippen molar-refractivity contribution in [2.45, 2.75) is 0 Å². The summed E-state index contributed by atoms with van der Waals surface area (Å²) in [6.07, 6.45) is 1.57.